The van der Waals surface area contributed by atoms with Crippen LogP contribution in [-0.2, 0) is 8.92 Å². The van der Waals surface area contributed by atoms with Crippen molar-refractivity contribution in [2.24, 2.45) is 0 Å². The fraction of sp³-hybridized carbons (Fsp3) is 0.700. The molecule has 6 heteroatoms. The molecule has 26 heavy (non-hydrogen) atoms. The van der Waals surface area contributed by atoms with Crippen LogP contribution in [0.25, 0.3) is 0 Å². The highest BCUT2D eigenvalue weighted by Crippen LogP contribution is 2.52. The van der Waals surface area contributed by atoms with Crippen molar-refractivity contribution in [3.8, 4) is 0 Å². The molecule has 1 N–H and O–H groups in total. The molecule has 2 unspecified atom stereocenters. The van der Waals surface area contributed by atoms with Gasteiger partial charge in [0.25, 0.3) is 0 Å². The molecule has 0 spiro atoms. The first-order valence-electron chi connectivity index (χ1n) is 9.62. The summed E-state index contributed by atoms with van der Waals surface area (Å²) in [5, 5.41) is 4.90. The van der Waals surface area contributed by atoms with Gasteiger partial charge in [0, 0.05) is 35.3 Å². The third-order valence-corrected chi connectivity index (χ3v) is 9.81. The second kappa shape index (κ2) is 9.99. The summed E-state index contributed by atoms with van der Waals surface area (Å²) >= 11 is 13.0. The molecule has 1 aromatic carbocycles. The lowest BCUT2D eigenvalue weighted by Gasteiger charge is -2.41. The fourth-order valence-corrected chi connectivity index (χ4v) is 6.44. The lowest BCUT2D eigenvalue weighted by molar-refractivity contribution is 0.0193. The standard InChI is InChI=1S/C20H33Cl2NO2S/c1-5-26(6-2,7-3)25-18(19-16(21)10-8-11-17(19)22)14-23-15-20(4)12-9-13-24-20/h8,10-11,18,23H,5-7,9,12-15H2,1-4H3. The first kappa shape index (κ1) is 22.3. The molecule has 1 saturated heterocycles. The van der Waals surface area contributed by atoms with Crippen molar-refractivity contribution in [1.82, 2.24) is 5.32 Å². The van der Waals surface area contributed by atoms with E-state index in [1.165, 1.54) is 0 Å². The van der Waals surface area contributed by atoms with Crippen molar-refractivity contribution in [3.63, 3.8) is 0 Å². The van der Waals surface area contributed by atoms with Crippen LogP contribution in [0.1, 0.15) is 52.2 Å². The van der Waals surface area contributed by atoms with Gasteiger partial charge in [-0.1, -0.05) is 50.0 Å². The average molecular weight is 422 g/mol. The third-order valence-electron chi connectivity index (χ3n) is 5.35. The predicted octanol–water partition coefficient (Wildman–Crippen LogP) is 5.99. The molecule has 3 nitrogen and oxygen atoms in total. The molecule has 1 aromatic rings. The van der Waals surface area contributed by atoms with E-state index in [0.29, 0.717) is 16.6 Å². The van der Waals surface area contributed by atoms with Crippen LogP contribution >= 0.6 is 33.5 Å². The van der Waals surface area contributed by atoms with Crippen LogP contribution in [0.5, 0.6) is 0 Å². The predicted molar refractivity (Wildman–Crippen MR) is 116 cm³/mol. The maximum absolute atomic E-state index is 6.74. The van der Waals surface area contributed by atoms with Gasteiger partial charge in [0.2, 0.25) is 0 Å². The van der Waals surface area contributed by atoms with Crippen LogP contribution < -0.4 is 5.32 Å². The zero-order chi connectivity index (χ0) is 19.2. The average Bonchev–Trinajstić information content (AvgIpc) is 3.06. The lowest BCUT2D eigenvalue weighted by Crippen LogP contribution is -2.39. The minimum atomic E-state index is -1.14. The molecule has 0 aromatic heterocycles. The van der Waals surface area contributed by atoms with Gasteiger partial charge in [0.05, 0.1) is 5.60 Å². The van der Waals surface area contributed by atoms with Crippen LogP contribution in [-0.4, -0.2) is 42.6 Å². The summed E-state index contributed by atoms with van der Waals surface area (Å²) < 4.78 is 12.6. The zero-order valence-electron chi connectivity index (χ0n) is 16.4. The Labute approximate surface area is 170 Å². The molecule has 1 aliphatic rings. The summed E-state index contributed by atoms with van der Waals surface area (Å²) in [5.74, 6) is 3.12. The van der Waals surface area contributed by atoms with Crippen molar-refractivity contribution < 1.29 is 8.92 Å². The van der Waals surface area contributed by atoms with E-state index in [9.17, 15) is 0 Å². The van der Waals surface area contributed by atoms with Gasteiger partial charge >= 0.3 is 0 Å². The molecule has 150 valence electrons. The van der Waals surface area contributed by atoms with Gasteiger partial charge in [-0.15, -0.1) is 10.3 Å². The van der Waals surface area contributed by atoms with E-state index >= 15 is 0 Å². The zero-order valence-corrected chi connectivity index (χ0v) is 18.8. The molecule has 0 bridgehead atoms. The lowest BCUT2D eigenvalue weighted by atomic mass is 10.0. The topological polar surface area (TPSA) is 30.5 Å². The fourth-order valence-electron chi connectivity index (χ4n) is 3.51. The highest BCUT2D eigenvalue weighted by Gasteiger charge is 2.31. The molecule has 1 heterocycles. The Hall–Kier alpha value is 0.0300. The number of hydrogen-bond donors (Lipinski definition) is 1. The molecule has 2 atom stereocenters. The molecular weight excluding hydrogens is 389 g/mol. The van der Waals surface area contributed by atoms with E-state index in [1.807, 2.05) is 18.2 Å². The Morgan fingerprint density at radius 1 is 1.19 bits per heavy atom. The number of benzene rings is 1. The maximum Gasteiger partial charge on any atom is 0.110 e. The van der Waals surface area contributed by atoms with Crippen LogP contribution in [0.15, 0.2) is 18.2 Å². The van der Waals surface area contributed by atoms with Gasteiger partial charge in [-0.2, -0.15) is 0 Å². The Kier molecular flexibility index (Phi) is 8.58. The van der Waals surface area contributed by atoms with Gasteiger partial charge in [-0.05, 0) is 49.2 Å². The number of rotatable bonds is 10. The van der Waals surface area contributed by atoms with Crippen molar-refractivity contribution in [3.05, 3.63) is 33.8 Å². The summed E-state index contributed by atoms with van der Waals surface area (Å²) in [4.78, 5) is 0. The first-order valence-corrected chi connectivity index (χ1v) is 12.4. The summed E-state index contributed by atoms with van der Waals surface area (Å²) in [5.41, 5.74) is 0.812. The Morgan fingerprint density at radius 3 is 2.31 bits per heavy atom. The van der Waals surface area contributed by atoms with Crippen molar-refractivity contribution in [2.75, 3.05) is 37.0 Å². The maximum atomic E-state index is 6.74. The van der Waals surface area contributed by atoms with Gasteiger partial charge in [-0.25, -0.2) is 0 Å². The van der Waals surface area contributed by atoms with E-state index in [4.69, 9.17) is 32.1 Å². The molecule has 0 saturated carbocycles. The van der Waals surface area contributed by atoms with Crippen LogP contribution in [0.4, 0.5) is 0 Å². The van der Waals surface area contributed by atoms with E-state index in [1.54, 1.807) is 0 Å². The first-order chi connectivity index (χ1) is 12.4. The molecule has 0 amide bonds. The smallest absolute Gasteiger partial charge is 0.110 e. The Bertz CT molecular complexity index is 546. The number of halogens is 2. The molecule has 0 radical (unpaired) electrons. The summed E-state index contributed by atoms with van der Waals surface area (Å²) in [6, 6.07) is 5.66. The summed E-state index contributed by atoms with van der Waals surface area (Å²) in [7, 11) is -1.14. The summed E-state index contributed by atoms with van der Waals surface area (Å²) in [6.07, 6.45) is 2.06. The molecule has 1 fully saturated rings. The quantitative estimate of drug-likeness (QED) is 0.503. The number of hydrogen-bond acceptors (Lipinski definition) is 3. The largest absolute Gasteiger partial charge is 0.374 e. The monoisotopic (exact) mass is 421 g/mol. The van der Waals surface area contributed by atoms with Crippen LogP contribution in [0, 0.1) is 0 Å². The second-order valence-corrected chi connectivity index (χ2v) is 11.8. The summed E-state index contributed by atoms with van der Waals surface area (Å²) in [6.45, 7) is 11.2. The normalized spacial score (nSPS) is 22.5. The van der Waals surface area contributed by atoms with Crippen molar-refractivity contribution >= 4 is 33.5 Å². The minimum Gasteiger partial charge on any atom is -0.374 e. The Balaban J connectivity index is 2.18. The SMILES string of the molecule is CCS(CC)(CC)OC(CNCC1(C)CCCO1)c1c(Cl)cccc1Cl. The third kappa shape index (κ3) is 5.52. The van der Waals surface area contributed by atoms with E-state index < -0.39 is 10.3 Å². The van der Waals surface area contributed by atoms with Gasteiger partial charge < -0.3 is 14.2 Å². The van der Waals surface area contributed by atoms with Crippen molar-refractivity contribution in [2.45, 2.75) is 52.2 Å². The van der Waals surface area contributed by atoms with Gasteiger partial charge in [-0.3, -0.25) is 0 Å². The molecule has 1 aliphatic heterocycles. The molecule has 0 aliphatic carbocycles. The van der Waals surface area contributed by atoms with Gasteiger partial charge in [0.1, 0.15) is 6.10 Å². The van der Waals surface area contributed by atoms with Crippen LogP contribution in [0.2, 0.25) is 10.0 Å². The second-order valence-electron chi connectivity index (χ2n) is 7.08. The molecule has 2 rings (SSSR count). The number of nitrogens with one attached hydrogen (secondary N) is 1. The molecular formula is C20H33Cl2NO2S. The minimum absolute atomic E-state index is 0.0843. The van der Waals surface area contributed by atoms with Crippen molar-refractivity contribution in [1.29, 1.82) is 0 Å². The Morgan fingerprint density at radius 2 is 1.81 bits per heavy atom. The van der Waals surface area contributed by atoms with E-state index in [-0.39, 0.29) is 11.7 Å². The highest BCUT2D eigenvalue weighted by atomic mass is 35.5. The number of ether oxygens (including phenoxy) is 1. The van der Waals surface area contributed by atoms with Crippen LogP contribution in [0.3, 0.4) is 0 Å². The highest BCUT2D eigenvalue weighted by molar-refractivity contribution is 8.29. The van der Waals surface area contributed by atoms with Gasteiger partial charge in [0.15, 0.2) is 0 Å². The van der Waals surface area contributed by atoms with E-state index in [0.717, 1.165) is 48.8 Å². The van der Waals surface area contributed by atoms with E-state index in [2.05, 4.69) is 33.0 Å².